The highest BCUT2D eigenvalue weighted by Gasteiger charge is 2.26. The first-order valence-electron chi connectivity index (χ1n) is 7.27. The third-order valence-electron chi connectivity index (χ3n) is 2.97. The van der Waals surface area contributed by atoms with Gasteiger partial charge in [-0.15, -0.1) is 0 Å². The number of anilines is 2. The number of rotatable bonds is 8. The summed E-state index contributed by atoms with van der Waals surface area (Å²) in [6.45, 7) is 4.14. The van der Waals surface area contributed by atoms with Crippen molar-refractivity contribution < 1.29 is 9.72 Å². The van der Waals surface area contributed by atoms with Crippen LogP contribution in [-0.4, -0.2) is 39.4 Å². The third-order valence-corrected chi connectivity index (χ3v) is 2.97. The van der Waals surface area contributed by atoms with E-state index in [1.807, 2.05) is 13.8 Å². The summed E-state index contributed by atoms with van der Waals surface area (Å²) in [5, 5.41) is 19.7. The van der Waals surface area contributed by atoms with Crippen LogP contribution in [0.3, 0.4) is 0 Å². The predicted molar refractivity (Wildman–Crippen MR) is 81.7 cm³/mol. The SMILES string of the molecule is CC(C)NC(=O)CCNc1ncc([N+](=O)[O-])c(NC2CC2)n1. The van der Waals surface area contributed by atoms with Crippen LogP contribution < -0.4 is 16.0 Å². The molecule has 1 aliphatic carbocycles. The van der Waals surface area contributed by atoms with Crippen LogP contribution in [0, 0.1) is 10.1 Å². The van der Waals surface area contributed by atoms with E-state index < -0.39 is 4.92 Å². The average Bonchev–Trinajstić information content (AvgIpc) is 3.21. The second-order valence-corrected chi connectivity index (χ2v) is 5.50. The van der Waals surface area contributed by atoms with Gasteiger partial charge in [0.25, 0.3) is 0 Å². The molecule has 1 heterocycles. The molecule has 0 radical (unpaired) electrons. The van der Waals surface area contributed by atoms with Crippen molar-refractivity contribution in [2.75, 3.05) is 17.2 Å². The quantitative estimate of drug-likeness (QED) is 0.488. The van der Waals surface area contributed by atoms with E-state index in [1.54, 1.807) is 0 Å². The molecule has 0 aliphatic heterocycles. The average molecular weight is 308 g/mol. The largest absolute Gasteiger partial charge is 0.361 e. The molecule has 1 aromatic heterocycles. The predicted octanol–water partition coefficient (Wildman–Crippen LogP) is 1.29. The number of nitro groups is 1. The molecule has 120 valence electrons. The monoisotopic (exact) mass is 308 g/mol. The Morgan fingerprint density at radius 1 is 1.50 bits per heavy atom. The molecule has 0 spiro atoms. The van der Waals surface area contributed by atoms with Gasteiger partial charge in [0.2, 0.25) is 17.7 Å². The minimum Gasteiger partial charge on any atom is -0.361 e. The van der Waals surface area contributed by atoms with Crippen LogP contribution in [0.15, 0.2) is 6.20 Å². The van der Waals surface area contributed by atoms with Gasteiger partial charge in [0, 0.05) is 25.0 Å². The van der Waals surface area contributed by atoms with Crippen LogP contribution in [-0.2, 0) is 4.79 Å². The Balaban J connectivity index is 1.93. The summed E-state index contributed by atoms with van der Waals surface area (Å²) in [5.74, 6) is 0.420. The van der Waals surface area contributed by atoms with E-state index >= 15 is 0 Å². The lowest BCUT2D eigenvalue weighted by molar-refractivity contribution is -0.384. The van der Waals surface area contributed by atoms with Crippen molar-refractivity contribution in [3.8, 4) is 0 Å². The molecule has 22 heavy (non-hydrogen) atoms. The Hall–Kier alpha value is -2.45. The zero-order valence-corrected chi connectivity index (χ0v) is 12.6. The van der Waals surface area contributed by atoms with Crippen LogP contribution in [0.4, 0.5) is 17.5 Å². The van der Waals surface area contributed by atoms with E-state index in [0.29, 0.717) is 6.54 Å². The third kappa shape index (κ3) is 4.83. The van der Waals surface area contributed by atoms with Crippen LogP contribution in [0.25, 0.3) is 0 Å². The molecular formula is C13H20N6O3. The fraction of sp³-hybridized carbons (Fsp3) is 0.615. The van der Waals surface area contributed by atoms with Crippen molar-refractivity contribution in [3.05, 3.63) is 16.3 Å². The number of aromatic nitrogens is 2. The number of hydrogen-bond donors (Lipinski definition) is 3. The smallest absolute Gasteiger partial charge is 0.329 e. The molecule has 1 saturated carbocycles. The molecular weight excluding hydrogens is 288 g/mol. The summed E-state index contributed by atoms with van der Waals surface area (Å²) < 4.78 is 0. The van der Waals surface area contributed by atoms with Gasteiger partial charge in [0.15, 0.2) is 0 Å². The van der Waals surface area contributed by atoms with Gasteiger partial charge in [-0.05, 0) is 26.7 Å². The maximum Gasteiger partial charge on any atom is 0.329 e. The summed E-state index contributed by atoms with van der Waals surface area (Å²) in [7, 11) is 0. The molecule has 9 heteroatoms. The van der Waals surface area contributed by atoms with Crippen LogP contribution in [0.5, 0.6) is 0 Å². The summed E-state index contributed by atoms with van der Waals surface area (Å²) in [4.78, 5) is 30.0. The maximum atomic E-state index is 11.5. The van der Waals surface area contributed by atoms with E-state index in [9.17, 15) is 14.9 Å². The summed E-state index contributed by atoms with van der Waals surface area (Å²) in [5.41, 5.74) is -0.144. The van der Waals surface area contributed by atoms with Gasteiger partial charge in [0.05, 0.1) is 4.92 Å². The molecule has 0 aromatic carbocycles. The molecule has 1 aromatic rings. The molecule has 1 amide bonds. The minimum atomic E-state index is -0.509. The van der Waals surface area contributed by atoms with Gasteiger partial charge >= 0.3 is 5.69 Å². The van der Waals surface area contributed by atoms with E-state index in [-0.39, 0.29) is 41.9 Å². The van der Waals surface area contributed by atoms with Gasteiger partial charge < -0.3 is 16.0 Å². The number of carbonyl (C=O) groups excluding carboxylic acids is 1. The van der Waals surface area contributed by atoms with Gasteiger partial charge in [0.1, 0.15) is 6.20 Å². The second kappa shape index (κ2) is 7.01. The van der Waals surface area contributed by atoms with E-state index in [1.165, 1.54) is 6.20 Å². The lowest BCUT2D eigenvalue weighted by Crippen LogP contribution is -2.31. The highest BCUT2D eigenvalue weighted by atomic mass is 16.6. The number of amides is 1. The maximum absolute atomic E-state index is 11.5. The minimum absolute atomic E-state index is 0.0688. The molecule has 3 N–H and O–H groups in total. The van der Waals surface area contributed by atoms with Crippen molar-refractivity contribution in [2.24, 2.45) is 0 Å². The zero-order chi connectivity index (χ0) is 16.1. The van der Waals surface area contributed by atoms with Crippen LogP contribution >= 0.6 is 0 Å². The standard InChI is InChI=1S/C13H20N6O3/c1-8(2)16-11(20)5-6-14-13-15-7-10(19(21)22)12(18-13)17-9-3-4-9/h7-9H,3-6H2,1-2H3,(H,16,20)(H2,14,15,17,18). The molecule has 9 nitrogen and oxygen atoms in total. The van der Waals surface area contributed by atoms with Crippen LogP contribution in [0.2, 0.25) is 0 Å². The molecule has 1 fully saturated rings. The normalized spacial score (nSPS) is 13.8. The summed E-state index contributed by atoms with van der Waals surface area (Å²) in [6, 6.07) is 0.343. The molecule has 2 rings (SSSR count). The van der Waals surface area contributed by atoms with E-state index in [0.717, 1.165) is 12.8 Å². The molecule has 0 bridgehead atoms. The first kappa shape index (κ1) is 15.9. The lowest BCUT2D eigenvalue weighted by Gasteiger charge is -2.10. The van der Waals surface area contributed by atoms with Crippen molar-refractivity contribution in [3.63, 3.8) is 0 Å². The van der Waals surface area contributed by atoms with E-state index in [2.05, 4.69) is 25.9 Å². The molecule has 0 atom stereocenters. The number of nitrogens with zero attached hydrogens (tertiary/aromatic N) is 3. The Morgan fingerprint density at radius 3 is 2.82 bits per heavy atom. The number of nitrogens with one attached hydrogen (secondary N) is 3. The van der Waals surface area contributed by atoms with Gasteiger partial charge in [-0.3, -0.25) is 14.9 Å². The second-order valence-electron chi connectivity index (χ2n) is 5.50. The molecule has 0 unspecified atom stereocenters. The van der Waals surface area contributed by atoms with Crippen molar-refractivity contribution >= 4 is 23.4 Å². The van der Waals surface area contributed by atoms with E-state index in [4.69, 9.17) is 0 Å². The Morgan fingerprint density at radius 2 is 2.23 bits per heavy atom. The fourth-order valence-electron chi connectivity index (χ4n) is 1.80. The number of hydrogen-bond acceptors (Lipinski definition) is 7. The topological polar surface area (TPSA) is 122 Å². The highest BCUT2D eigenvalue weighted by Crippen LogP contribution is 2.29. The Kier molecular flexibility index (Phi) is 5.08. The molecule has 1 aliphatic rings. The zero-order valence-electron chi connectivity index (χ0n) is 12.6. The van der Waals surface area contributed by atoms with Gasteiger partial charge in [-0.2, -0.15) is 4.98 Å². The van der Waals surface area contributed by atoms with Crippen LogP contribution in [0.1, 0.15) is 33.1 Å². The van der Waals surface area contributed by atoms with Gasteiger partial charge in [-0.1, -0.05) is 0 Å². The highest BCUT2D eigenvalue weighted by molar-refractivity contribution is 5.76. The lowest BCUT2D eigenvalue weighted by atomic mass is 10.3. The van der Waals surface area contributed by atoms with Crippen molar-refractivity contribution in [1.29, 1.82) is 0 Å². The first-order valence-corrected chi connectivity index (χ1v) is 7.27. The first-order chi connectivity index (χ1) is 10.5. The molecule has 0 saturated heterocycles. The van der Waals surface area contributed by atoms with Crippen molar-refractivity contribution in [2.45, 2.75) is 45.2 Å². The summed E-state index contributed by atoms with van der Waals surface area (Å²) >= 11 is 0. The summed E-state index contributed by atoms with van der Waals surface area (Å²) in [6.07, 6.45) is 3.43. The fourth-order valence-corrected chi connectivity index (χ4v) is 1.80. The van der Waals surface area contributed by atoms with Crippen molar-refractivity contribution in [1.82, 2.24) is 15.3 Å². The van der Waals surface area contributed by atoms with Gasteiger partial charge in [-0.25, -0.2) is 4.98 Å². The Bertz CT molecular complexity index is 559. The number of carbonyl (C=O) groups is 1. The Labute approximate surface area is 128 Å².